The number of allylic oxidation sites excluding steroid dienone is 4. The Bertz CT molecular complexity index is 890. The van der Waals surface area contributed by atoms with E-state index in [1.165, 1.54) is 5.57 Å². The minimum atomic E-state index is -0.605. The van der Waals surface area contributed by atoms with Crippen LogP contribution in [0.5, 0.6) is 0 Å². The van der Waals surface area contributed by atoms with E-state index >= 15 is 0 Å². The Balaban J connectivity index is 1.67. The third kappa shape index (κ3) is 3.50. The largest absolute Gasteiger partial charge is 0.481 e. The van der Waals surface area contributed by atoms with Gasteiger partial charge in [-0.2, -0.15) is 0 Å². The third-order valence-corrected chi connectivity index (χ3v) is 11.5. The van der Waals surface area contributed by atoms with Gasteiger partial charge in [-0.25, -0.2) is 0 Å². The van der Waals surface area contributed by atoms with Crippen LogP contribution >= 0.6 is 0 Å². The van der Waals surface area contributed by atoms with Gasteiger partial charge < -0.3 is 5.11 Å². The van der Waals surface area contributed by atoms with Crippen molar-refractivity contribution in [1.29, 1.82) is 0 Å². The van der Waals surface area contributed by atoms with Crippen molar-refractivity contribution >= 4 is 11.8 Å². The highest BCUT2D eigenvalue weighted by Gasteiger charge is 2.66. The zero-order valence-corrected chi connectivity index (χ0v) is 22.1. The number of rotatable bonds is 5. The summed E-state index contributed by atoms with van der Waals surface area (Å²) in [7, 11) is 0. The SMILES string of the molecule is CC(C)=CCC[C@H](C(=O)O)[C@@H]1CC[C@]2(C)C3=CC[C@H]4C(C)(C)C(=O)CC[C@]4(C)[C@H]3CC[C@@]12C. The molecule has 0 radical (unpaired) electrons. The maximum atomic E-state index is 12.8. The Kier molecular flexibility index (Phi) is 6.07. The molecular formula is C30H46O3. The molecule has 0 aromatic heterocycles. The average Bonchev–Trinajstić information content (AvgIpc) is 3.00. The summed E-state index contributed by atoms with van der Waals surface area (Å²) in [5.74, 6) is 0.766. The second kappa shape index (κ2) is 8.09. The van der Waals surface area contributed by atoms with Crippen molar-refractivity contribution in [1.82, 2.24) is 0 Å². The molecule has 0 saturated heterocycles. The molecule has 0 unspecified atom stereocenters. The second-order valence-electron chi connectivity index (χ2n) is 13.4. The fourth-order valence-corrected chi connectivity index (χ4v) is 9.25. The molecule has 0 heterocycles. The highest BCUT2D eigenvalue weighted by Crippen LogP contribution is 2.73. The molecule has 3 fully saturated rings. The van der Waals surface area contributed by atoms with Gasteiger partial charge in [0.15, 0.2) is 0 Å². The van der Waals surface area contributed by atoms with Gasteiger partial charge in [-0.15, -0.1) is 0 Å². The number of carbonyl (C=O) groups is 2. The van der Waals surface area contributed by atoms with Crippen LogP contribution in [-0.2, 0) is 9.59 Å². The first-order valence-electron chi connectivity index (χ1n) is 13.4. The Hall–Kier alpha value is -1.38. The first-order chi connectivity index (χ1) is 15.3. The highest BCUT2D eigenvalue weighted by atomic mass is 16.4. The fourth-order valence-electron chi connectivity index (χ4n) is 9.25. The van der Waals surface area contributed by atoms with Gasteiger partial charge in [-0.3, -0.25) is 9.59 Å². The van der Waals surface area contributed by atoms with Crippen molar-refractivity contribution in [3.63, 3.8) is 0 Å². The Morgan fingerprint density at radius 1 is 1.12 bits per heavy atom. The van der Waals surface area contributed by atoms with E-state index < -0.39 is 5.97 Å². The number of fused-ring (bicyclic) bond motifs is 5. The molecule has 0 amide bonds. The molecule has 0 aromatic carbocycles. The molecule has 3 heteroatoms. The molecule has 3 nitrogen and oxygen atoms in total. The Labute approximate surface area is 201 Å². The van der Waals surface area contributed by atoms with E-state index in [0.717, 1.165) is 51.4 Å². The van der Waals surface area contributed by atoms with Crippen LogP contribution in [0.25, 0.3) is 0 Å². The van der Waals surface area contributed by atoms with E-state index in [2.05, 4.69) is 60.6 Å². The summed E-state index contributed by atoms with van der Waals surface area (Å²) in [5, 5.41) is 10.2. The van der Waals surface area contributed by atoms with Crippen LogP contribution in [0.1, 0.15) is 106 Å². The minimum Gasteiger partial charge on any atom is -0.481 e. The maximum absolute atomic E-state index is 12.8. The Morgan fingerprint density at radius 2 is 1.82 bits per heavy atom. The first-order valence-corrected chi connectivity index (χ1v) is 13.4. The standard InChI is InChI=1S/C30H46O3/c1-19(2)9-8-10-20(26(32)33)21-13-17-30(7)23-11-12-24-27(3,4)25(31)15-16-28(24,5)22(23)14-18-29(21,30)6/h9,11,20-22,24H,8,10,12-18H2,1-7H3,(H,32,33)/t20-,21-,22-,24-,28+,29-,30+/m0/s1. The molecule has 7 atom stereocenters. The summed E-state index contributed by atoms with van der Waals surface area (Å²) in [6.07, 6.45) is 13.4. The van der Waals surface area contributed by atoms with Crippen LogP contribution in [0.4, 0.5) is 0 Å². The van der Waals surface area contributed by atoms with Crippen LogP contribution < -0.4 is 0 Å². The van der Waals surface area contributed by atoms with Crippen molar-refractivity contribution in [2.75, 3.05) is 0 Å². The molecule has 0 aliphatic heterocycles. The summed E-state index contributed by atoms with van der Waals surface area (Å²) in [4.78, 5) is 25.2. The number of hydrogen-bond donors (Lipinski definition) is 1. The van der Waals surface area contributed by atoms with Crippen LogP contribution in [0, 0.1) is 45.3 Å². The van der Waals surface area contributed by atoms with E-state index in [1.807, 2.05) is 0 Å². The van der Waals surface area contributed by atoms with Crippen molar-refractivity contribution < 1.29 is 14.7 Å². The van der Waals surface area contributed by atoms with Crippen molar-refractivity contribution in [2.45, 2.75) is 106 Å². The third-order valence-electron chi connectivity index (χ3n) is 11.5. The molecule has 0 bridgehead atoms. The van der Waals surface area contributed by atoms with Crippen LogP contribution in [0.3, 0.4) is 0 Å². The predicted molar refractivity (Wildman–Crippen MR) is 134 cm³/mol. The lowest BCUT2D eigenvalue weighted by Gasteiger charge is -2.63. The molecule has 3 saturated carbocycles. The molecule has 0 spiro atoms. The summed E-state index contributed by atoms with van der Waals surface area (Å²) in [6.45, 7) is 15.9. The summed E-state index contributed by atoms with van der Waals surface area (Å²) >= 11 is 0. The van der Waals surface area contributed by atoms with Gasteiger partial charge in [-0.1, -0.05) is 57.9 Å². The fraction of sp³-hybridized carbons (Fsp3) is 0.800. The lowest BCUT2D eigenvalue weighted by Crippen LogP contribution is -2.57. The van der Waals surface area contributed by atoms with Crippen molar-refractivity contribution in [2.24, 2.45) is 45.3 Å². The van der Waals surface area contributed by atoms with Crippen LogP contribution in [0.2, 0.25) is 0 Å². The quantitative estimate of drug-likeness (QED) is 0.435. The van der Waals surface area contributed by atoms with E-state index in [0.29, 0.717) is 24.0 Å². The predicted octanol–water partition coefficient (Wildman–Crippen LogP) is 7.61. The molecule has 33 heavy (non-hydrogen) atoms. The second-order valence-corrected chi connectivity index (χ2v) is 13.4. The molecule has 4 rings (SSSR count). The average molecular weight is 455 g/mol. The minimum absolute atomic E-state index is 0.0343. The molecule has 0 aromatic rings. The smallest absolute Gasteiger partial charge is 0.306 e. The molecule has 4 aliphatic carbocycles. The molecular weight excluding hydrogens is 408 g/mol. The van der Waals surface area contributed by atoms with Crippen molar-refractivity contribution in [3.8, 4) is 0 Å². The van der Waals surface area contributed by atoms with Gasteiger partial charge in [0.05, 0.1) is 5.92 Å². The Morgan fingerprint density at radius 3 is 2.45 bits per heavy atom. The summed E-state index contributed by atoms with van der Waals surface area (Å²) in [5.41, 5.74) is 2.94. The van der Waals surface area contributed by atoms with E-state index in [1.54, 1.807) is 5.57 Å². The lowest BCUT2D eigenvalue weighted by molar-refractivity contribution is -0.149. The number of carboxylic acid groups (broad SMARTS) is 1. The lowest BCUT2D eigenvalue weighted by atomic mass is 9.41. The van der Waals surface area contributed by atoms with Gasteiger partial charge in [0.1, 0.15) is 5.78 Å². The topological polar surface area (TPSA) is 54.4 Å². The molecule has 1 N–H and O–H groups in total. The number of carboxylic acids is 1. The van der Waals surface area contributed by atoms with E-state index in [4.69, 9.17) is 0 Å². The monoisotopic (exact) mass is 454 g/mol. The molecule has 4 aliphatic rings. The zero-order chi connectivity index (χ0) is 24.4. The number of aliphatic carboxylic acids is 1. The maximum Gasteiger partial charge on any atom is 0.306 e. The van der Waals surface area contributed by atoms with Gasteiger partial charge in [0, 0.05) is 11.8 Å². The number of carbonyl (C=O) groups excluding carboxylic acids is 1. The normalized spacial score (nSPS) is 42.5. The molecule has 184 valence electrons. The van der Waals surface area contributed by atoms with Gasteiger partial charge >= 0.3 is 5.97 Å². The van der Waals surface area contributed by atoms with Gasteiger partial charge in [0.2, 0.25) is 0 Å². The summed E-state index contributed by atoms with van der Waals surface area (Å²) < 4.78 is 0. The highest BCUT2D eigenvalue weighted by molar-refractivity contribution is 5.85. The number of Topliss-reactive ketones (excluding diaryl/α,β-unsaturated/α-hetero) is 1. The van der Waals surface area contributed by atoms with E-state index in [9.17, 15) is 14.7 Å². The van der Waals surface area contributed by atoms with Gasteiger partial charge in [0.25, 0.3) is 0 Å². The number of hydrogen-bond acceptors (Lipinski definition) is 2. The van der Waals surface area contributed by atoms with E-state index in [-0.39, 0.29) is 33.5 Å². The summed E-state index contributed by atoms with van der Waals surface area (Å²) in [6, 6.07) is 0. The van der Waals surface area contributed by atoms with Gasteiger partial charge in [-0.05, 0) is 99.2 Å². The van der Waals surface area contributed by atoms with Crippen LogP contribution in [-0.4, -0.2) is 16.9 Å². The zero-order valence-electron chi connectivity index (χ0n) is 22.1. The van der Waals surface area contributed by atoms with Crippen molar-refractivity contribution in [3.05, 3.63) is 23.3 Å². The number of ketones is 1. The first kappa shape index (κ1) is 24.7. The van der Waals surface area contributed by atoms with Crippen LogP contribution in [0.15, 0.2) is 23.3 Å².